The quantitative estimate of drug-likeness (QED) is 0.299. The first-order valence-electron chi connectivity index (χ1n) is 7.82. The van der Waals surface area contributed by atoms with Gasteiger partial charge in [0.2, 0.25) is 0 Å². The zero-order chi connectivity index (χ0) is 20.1. The first kappa shape index (κ1) is 22.3. The minimum Gasteiger partial charge on any atom is -0.548 e. The van der Waals surface area contributed by atoms with Crippen LogP contribution in [0.2, 0.25) is 0 Å². The van der Waals surface area contributed by atoms with Crippen LogP contribution in [0.15, 0.2) is 23.9 Å². The SMILES string of the molecule is COC(=O)Nc1ccnc(/C=C2/C(=O)N3[C@@H](C(=O)[O-])C(C)(C)S(=O)(=O)[C@H]23)c1.[Na+]. The molecule has 3 rings (SSSR count). The normalized spacial score (nSPS) is 25.3. The molecule has 0 aromatic carbocycles. The molecule has 0 spiro atoms. The Morgan fingerprint density at radius 3 is 2.61 bits per heavy atom. The Morgan fingerprint density at radius 1 is 1.39 bits per heavy atom. The van der Waals surface area contributed by atoms with Crippen LogP contribution >= 0.6 is 0 Å². The monoisotopic (exact) mass is 417 g/mol. The second-order valence-corrected chi connectivity index (χ2v) is 9.21. The number of pyridine rings is 1. The van der Waals surface area contributed by atoms with E-state index in [1.54, 1.807) is 0 Å². The number of rotatable bonds is 3. The van der Waals surface area contributed by atoms with Crippen LogP contribution in [-0.2, 0) is 24.2 Å². The van der Waals surface area contributed by atoms with E-state index in [4.69, 9.17) is 0 Å². The van der Waals surface area contributed by atoms with Gasteiger partial charge >= 0.3 is 35.7 Å². The number of carboxylic acid groups (broad SMARTS) is 1. The van der Waals surface area contributed by atoms with Crippen LogP contribution in [0.25, 0.3) is 6.08 Å². The second-order valence-electron chi connectivity index (χ2n) is 6.62. The van der Waals surface area contributed by atoms with Crippen molar-refractivity contribution in [2.75, 3.05) is 12.4 Å². The van der Waals surface area contributed by atoms with Crippen molar-refractivity contribution in [1.82, 2.24) is 9.88 Å². The number of aromatic nitrogens is 1. The van der Waals surface area contributed by atoms with Crippen molar-refractivity contribution < 1.29 is 62.2 Å². The summed E-state index contributed by atoms with van der Waals surface area (Å²) in [5, 5.41) is 12.5. The van der Waals surface area contributed by atoms with Gasteiger partial charge in [-0.1, -0.05) is 0 Å². The molecule has 2 amide bonds. The number of sulfone groups is 1. The first-order valence-corrected chi connectivity index (χ1v) is 9.36. The topological polar surface area (TPSA) is 146 Å². The molecule has 0 saturated carbocycles. The Labute approximate surface area is 183 Å². The fourth-order valence-corrected chi connectivity index (χ4v) is 5.37. The van der Waals surface area contributed by atoms with Gasteiger partial charge in [-0.3, -0.25) is 15.1 Å². The smallest absolute Gasteiger partial charge is 0.548 e. The number of ether oxygens (including phenoxy) is 1. The number of carboxylic acids is 1. The van der Waals surface area contributed by atoms with E-state index in [1.165, 1.54) is 45.4 Å². The van der Waals surface area contributed by atoms with E-state index < -0.39 is 44.0 Å². The molecule has 2 aliphatic rings. The standard InChI is InChI=1S/C16H17N3O7S.Na/c1-16(2)11(14(21)22)19-12(20)10(13(19)27(16,24)25)7-9-6-8(4-5-17-9)18-15(23)26-3;/h4-7,11,13H,1-3H3,(H,21,22)(H,17,18,23);/q;+1/p-1/b10-7-;/t11-,13+;/m0./s1. The summed E-state index contributed by atoms with van der Waals surface area (Å²) in [7, 11) is -2.80. The Morgan fingerprint density at radius 2 is 2.04 bits per heavy atom. The summed E-state index contributed by atoms with van der Waals surface area (Å²) in [5.74, 6) is -2.34. The van der Waals surface area contributed by atoms with E-state index in [2.05, 4.69) is 15.0 Å². The van der Waals surface area contributed by atoms with Crippen LogP contribution in [0.4, 0.5) is 10.5 Å². The zero-order valence-corrected chi connectivity index (χ0v) is 18.4. The molecule has 0 unspecified atom stereocenters. The van der Waals surface area contributed by atoms with Crippen molar-refractivity contribution in [1.29, 1.82) is 0 Å². The number of fused-ring (bicyclic) bond motifs is 1. The minimum absolute atomic E-state index is 0. The summed E-state index contributed by atoms with van der Waals surface area (Å²) < 4.78 is 28.3. The molecule has 1 N–H and O–H groups in total. The maximum Gasteiger partial charge on any atom is 1.00 e. The number of methoxy groups -OCH3 is 1. The maximum atomic E-state index is 12.8. The summed E-state index contributed by atoms with van der Waals surface area (Å²) in [4.78, 5) is 40.0. The number of hydrogen-bond acceptors (Lipinski definition) is 8. The molecule has 1 aromatic rings. The summed E-state index contributed by atoms with van der Waals surface area (Å²) in [6, 6.07) is 1.33. The van der Waals surface area contributed by atoms with Gasteiger partial charge in [-0.2, -0.15) is 0 Å². The Balaban J connectivity index is 0.00000280. The molecule has 0 radical (unpaired) electrons. The zero-order valence-electron chi connectivity index (χ0n) is 15.6. The average molecular weight is 417 g/mol. The number of anilines is 1. The van der Waals surface area contributed by atoms with Gasteiger partial charge in [0.15, 0.2) is 15.2 Å². The van der Waals surface area contributed by atoms with E-state index >= 15 is 0 Å². The number of aliphatic carboxylic acids is 1. The summed E-state index contributed by atoms with van der Waals surface area (Å²) in [5.41, 5.74) is 0.459. The van der Waals surface area contributed by atoms with E-state index in [9.17, 15) is 27.9 Å². The van der Waals surface area contributed by atoms with Crippen molar-refractivity contribution in [3.63, 3.8) is 0 Å². The number of carbonyl (C=O) groups excluding carboxylic acids is 3. The van der Waals surface area contributed by atoms with Gasteiger partial charge in [0.25, 0.3) is 5.91 Å². The fraction of sp³-hybridized carbons (Fsp3) is 0.375. The van der Waals surface area contributed by atoms with Crippen LogP contribution in [0.5, 0.6) is 0 Å². The van der Waals surface area contributed by atoms with Crippen molar-refractivity contribution in [2.24, 2.45) is 0 Å². The van der Waals surface area contributed by atoms with Gasteiger partial charge < -0.3 is 19.5 Å². The predicted octanol–water partition coefficient (Wildman–Crippen LogP) is -3.86. The molecule has 0 bridgehead atoms. The van der Waals surface area contributed by atoms with Crippen molar-refractivity contribution >= 4 is 39.6 Å². The molecule has 2 atom stereocenters. The van der Waals surface area contributed by atoms with Crippen LogP contribution in [-0.4, -0.2) is 59.5 Å². The third-order valence-electron chi connectivity index (χ3n) is 4.70. The van der Waals surface area contributed by atoms with Gasteiger partial charge in [-0.05, 0) is 32.1 Å². The first-order chi connectivity index (χ1) is 12.5. The predicted molar refractivity (Wildman–Crippen MR) is 90.7 cm³/mol. The Hall–Kier alpha value is -1.95. The van der Waals surface area contributed by atoms with Gasteiger partial charge in [0, 0.05) is 11.9 Å². The van der Waals surface area contributed by atoms with E-state index in [0.717, 1.165) is 4.90 Å². The van der Waals surface area contributed by atoms with Crippen molar-refractivity contribution in [2.45, 2.75) is 30.0 Å². The number of nitrogens with zero attached hydrogens (tertiary/aromatic N) is 2. The van der Waals surface area contributed by atoms with Crippen molar-refractivity contribution in [3.05, 3.63) is 29.6 Å². The minimum atomic E-state index is -4.00. The summed E-state index contributed by atoms with van der Waals surface area (Å²) in [6.45, 7) is 2.51. The van der Waals surface area contributed by atoms with Gasteiger partial charge in [-0.15, -0.1) is 0 Å². The van der Waals surface area contributed by atoms with Crippen LogP contribution in [0.3, 0.4) is 0 Å². The molecule has 2 saturated heterocycles. The average Bonchev–Trinajstić information content (AvgIpc) is 2.73. The van der Waals surface area contributed by atoms with E-state index in [0.29, 0.717) is 5.69 Å². The van der Waals surface area contributed by atoms with E-state index in [1.807, 2.05) is 0 Å². The van der Waals surface area contributed by atoms with Gasteiger partial charge in [0.1, 0.15) is 0 Å². The number of hydrogen-bond donors (Lipinski definition) is 1. The summed E-state index contributed by atoms with van der Waals surface area (Å²) >= 11 is 0. The molecule has 3 heterocycles. The molecule has 2 aliphatic heterocycles. The number of nitrogens with one attached hydrogen (secondary N) is 1. The third-order valence-corrected chi connectivity index (χ3v) is 7.46. The summed E-state index contributed by atoms with van der Waals surface area (Å²) in [6.07, 6.45) is 1.91. The van der Waals surface area contributed by atoms with Gasteiger partial charge in [-0.25, -0.2) is 13.2 Å². The Bertz CT molecular complexity index is 990. The fourth-order valence-electron chi connectivity index (χ4n) is 3.26. The molecule has 10 nitrogen and oxygen atoms in total. The number of β-lactam (4-membered cyclic amide) rings is 1. The molecular formula is C16H16N3NaO7S. The van der Waals surface area contributed by atoms with Gasteiger partial charge in [0.05, 0.1) is 35.1 Å². The molecular weight excluding hydrogens is 401 g/mol. The largest absolute Gasteiger partial charge is 1.00 e. The molecule has 12 heteroatoms. The van der Waals surface area contributed by atoms with Crippen LogP contribution < -0.4 is 40.0 Å². The molecule has 0 aliphatic carbocycles. The number of amides is 2. The molecule has 2 fully saturated rings. The number of carbonyl (C=O) groups is 3. The maximum absolute atomic E-state index is 12.8. The van der Waals surface area contributed by atoms with E-state index in [-0.39, 0.29) is 40.8 Å². The molecule has 144 valence electrons. The van der Waals surface area contributed by atoms with Crippen molar-refractivity contribution in [3.8, 4) is 0 Å². The Kier molecular flexibility index (Phi) is 5.96. The van der Waals surface area contributed by atoms with Crippen LogP contribution in [0.1, 0.15) is 19.5 Å². The molecule has 1 aromatic heterocycles. The second kappa shape index (κ2) is 7.47. The van der Waals surface area contributed by atoms with Crippen LogP contribution in [0, 0.1) is 0 Å². The molecule has 28 heavy (non-hydrogen) atoms. The third kappa shape index (κ3) is 3.21.